The van der Waals surface area contributed by atoms with Crippen molar-refractivity contribution in [3.8, 4) is 5.75 Å². The van der Waals surface area contributed by atoms with Gasteiger partial charge in [-0.05, 0) is 112 Å². The van der Waals surface area contributed by atoms with E-state index in [1.54, 1.807) is 17.0 Å². The lowest BCUT2D eigenvalue weighted by molar-refractivity contribution is -0.153. The highest BCUT2D eigenvalue weighted by molar-refractivity contribution is 8.76. The number of hydrazine groups is 1. The Morgan fingerprint density at radius 3 is 1.85 bits per heavy atom. The van der Waals surface area contributed by atoms with Gasteiger partial charge < -0.3 is 103 Å². The van der Waals surface area contributed by atoms with Crippen LogP contribution in [0.2, 0.25) is 0 Å². The highest BCUT2D eigenvalue weighted by Gasteiger charge is 2.40. The Hall–Kier alpha value is -11.1. The number of hydrogen-bond donors (Lipinski definition) is 18. The molecular formula is C79H116N14O27S3. The number of urea groups is 2. The van der Waals surface area contributed by atoms with Gasteiger partial charge in [0, 0.05) is 74.3 Å². The molecule has 18 N–H and O–H groups in total. The number of likely N-dealkylation sites (N-methyl/N-ethyl adjacent to an activating group) is 1. The van der Waals surface area contributed by atoms with E-state index in [0.29, 0.717) is 36.1 Å². The number of ether oxygens (including phenoxy) is 3. The molecule has 12 atom stereocenters. The predicted octanol–water partition coefficient (Wildman–Crippen LogP) is 4.15. The van der Waals surface area contributed by atoms with Crippen LogP contribution in [0.1, 0.15) is 189 Å². The number of phenolic OH excluding ortho intramolecular Hbond substituents is 1. The minimum atomic E-state index is -2.00. The molecule has 2 aromatic carbocycles. The number of nitrogens with one attached hydrogen (secondary N) is 11. The van der Waals surface area contributed by atoms with E-state index in [2.05, 4.69) is 65.3 Å². The van der Waals surface area contributed by atoms with Gasteiger partial charge in [0.05, 0.1) is 25.3 Å². The van der Waals surface area contributed by atoms with E-state index in [9.17, 15) is 107 Å². The number of carboxylic acids is 6. The van der Waals surface area contributed by atoms with E-state index in [4.69, 9.17) is 19.3 Å². The fourth-order valence-corrected chi connectivity index (χ4v) is 15.5. The molecule has 2 heterocycles. The van der Waals surface area contributed by atoms with E-state index >= 15 is 4.79 Å². The van der Waals surface area contributed by atoms with E-state index in [-0.39, 0.29) is 117 Å². The van der Waals surface area contributed by atoms with Gasteiger partial charge in [-0.1, -0.05) is 125 Å². The molecule has 1 fully saturated rings. The molecular weight excluding hydrogens is 1670 g/mol. The topological polar surface area (TPSA) is 611 Å². The smallest absolute Gasteiger partial charge is 0.426 e. The molecule has 0 aliphatic carbocycles. The van der Waals surface area contributed by atoms with Crippen LogP contribution >= 0.6 is 32.9 Å². The monoisotopic (exact) mass is 1790 g/mol. The summed E-state index contributed by atoms with van der Waals surface area (Å²) in [5, 5.41) is 90.5. The van der Waals surface area contributed by atoms with Crippen LogP contribution in [0, 0.1) is 17.8 Å². The molecule has 1 unspecified atom stereocenters. The van der Waals surface area contributed by atoms with Crippen LogP contribution < -0.4 is 58.7 Å². The maximum Gasteiger partial charge on any atom is 0.426 e. The zero-order valence-corrected chi connectivity index (χ0v) is 72.4. The number of nitrogens with zero attached hydrogens (tertiary/aromatic N) is 3. The molecule has 12 amide bonds. The SMILES string of the molecule is CCCCCOCN(C(=O)[C@@H](NC(=O)[C@H]1CCCCN1C)C(C)CC)[C@H](C[C@@H](OC(C)=O)c1nc(C(=O)N[C@@H](Cc2ccc(O)cc2)C[C@H](C)C(=O)NNC(=O)OCCSSC[C@H](NC(=O)[C@H](CC(=O)O)NC(=O)[C@H](CC(=O)O)NC(=O)Cc2ccc(CNC(=O)NCCCC[C@H](NC(=O)N[C@@H](CCC(=O)O)C(=O)O)C(=O)O)cc2)C(=O)O)cs1)C(C)C. The summed E-state index contributed by atoms with van der Waals surface area (Å²) in [5.41, 5.74) is 5.92. The minimum absolute atomic E-state index is 0.0134. The maximum absolute atomic E-state index is 15.1. The normalized spacial score (nSPS) is 15.2. The van der Waals surface area contributed by atoms with E-state index in [0.717, 1.165) is 71.6 Å². The van der Waals surface area contributed by atoms with Gasteiger partial charge in [0.25, 0.3) is 5.91 Å². The number of rotatable bonds is 56. The average Bonchev–Trinajstić information content (AvgIpc) is 1.28. The first-order valence-electron chi connectivity index (χ1n) is 40.3. The van der Waals surface area contributed by atoms with Crippen molar-refractivity contribution in [3.63, 3.8) is 0 Å². The van der Waals surface area contributed by atoms with Crippen molar-refractivity contribution in [1.29, 1.82) is 0 Å². The number of carbonyl (C=O) groups excluding carboxylic acids is 11. The lowest BCUT2D eigenvalue weighted by Crippen LogP contribution is -2.59. The molecule has 0 saturated carbocycles. The third kappa shape index (κ3) is 39.7. The Bertz CT molecular complexity index is 4030. The first kappa shape index (κ1) is 104. The Balaban J connectivity index is 1.28. The number of aliphatic carboxylic acids is 6. The van der Waals surface area contributed by atoms with E-state index in [1.807, 2.05) is 45.0 Å². The summed E-state index contributed by atoms with van der Waals surface area (Å²) >= 11 is 1.06. The summed E-state index contributed by atoms with van der Waals surface area (Å²) in [7, 11) is 3.75. The molecule has 44 heteroatoms. The van der Waals surface area contributed by atoms with Gasteiger partial charge in [-0.25, -0.2) is 39.2 Å². The first-order valence-corrected chi connectivity index (χ1v) is 43.6. The minimum Gasteiger partial charge on any atom is -0.508 e. The molecule has 0 radical (unpaired) electrons. The Kier molecular flexibility index (Phi) is 46.7. The predicted molar refractivity (Wildman–Crippen MR) is 447 cm³/mol. The number of hydrogen-bond acceptors (Lipinski definition) is 26. The molecule has 1 aromatic heterocycles. The van der Waals surface area contributed by atoms with Gasteiger partial charge in [-0.15, -0.1) is 11.3 Å². The molecule has 1 aliphatic heterocycles. The van der Waals surface area contributed by atoms with Gasteiger partial charge in [-0.2, -0.15) is 0 Å². The summed E-state index contributed by atoms with van der Waals surface area (Å²) in [6, 6.07) is -0.888. The molecule has 123 heavy (non-hydrogen) atoms. The van der Waals surface area contributed by atoms with Crippen LogP contribution in [0.15, 0.2) is 53.9 Å². The van der Waals surface area contributed by atoms with Crippen LogP contribution in [0.5, 0.6) is 5.75 Å². The zero-order valence-electron chi connectivity index (χ0n) is 69.9. The van der Waals surface area contributed by atoms with Crippen molar-refractivity contribution in [2.24, 2.45) is 17.8 Å². The van der Waals surface area contributed by atoms with Gasteiger partial charge in [0.1, 0.15) is 66.0 Å². The third-order valence-corrected chi connectivity index (χ3v) is 22.9. The fourth-order valence-electron chi connectivity index (χ4n) is 12.6. The molecule has 1 aliphatic rings. The summed E-state index contributed by atoms with van der Waals surface area (Å²) < 4.78 is 17.3. The second-order valence-corrected chi connectivity index (χ2v) is 33.4. The number of likely N-dealkylation sites (tertiary alicyclic amines) is 1. The van der Waals surface area contributed by atoms with Crippen molar-refractivity contribution >= 4 is 134 Å². The van der Waals surface area contributed by atoms with Crippen molar-refractivity contribution < 1.29 is 131 Å². The number of thiazole rings is 1. The van der Waals surface area contributed by atoms with Gasteiger partial charge in [-0.3, -0.25) is 63.1 Å². The zero-order chi connectivity index (χ0) is 91.4. The lowest BCUT2D eigenvalue weighted by Gasteiger charge is -2.40. The highest BCUT2D eigenvalue weighted by Crippen LogP contribution is 2.33. The number of benzene rings is 2. The fraction of sp³-hybridized carbons (Fsp3) is 0.595. The number of carbonyl (C=O) groups is 17. The van der Waals surface area contributed by atoms with E-state index < -0.39 is 188 Å². The van der Waals surface area contributed by atoms with Crippen molar-refractivity contribution in [1.82, 2.24) is 73.5 Å². The molecule has 682 valence electrons. The molecule has 3 aromatic rings. The Morgan fingerprint density at radius 1 is 0.634 bits per heavy atom. The Labute approximate surface area is 723 Å². The number of aromatic nitrogens is 1. The van der Waals surface area contributed by atoms with Gasteiger partial charge in [0.2, 0.25) is 35.4 Å². The number of esters is 1. The highest BCUT2D eigenvalue weighted by atomic mass is 33.1. The second kappa shape index (κ2) is 55.1. The van der Waals surface area contributed by atoms with Gasteiger partial charge in [0.15, 0.2) is 6.10 Å². The number of aromatic hydroxyl groups is 1. The third-order valence-electron chi connectivity index (χ3n) is 19.6. The maximum atomic E-state index is 15.1. The molecule has 4 rings (SSSR count). The number of phenols is 1. The van der Waals surface area contributed by atoms with Crippen LogP contribution in [0.3, 0.4) is 0 Å². The van der Waals surface area contributed by atoms with Crippen LogP contribution in [-0.4, -0.2) is 258 Å². The van der Waals surface area contributed by atoms with Gasteiger partial charge >= 0.3 is 59.9 Å². The Morgan fingerprint density at radius 2 is 1.25 bits per heavy atom. The summed E-state index contributed by atoms with van der Waals surface area (Å²) in [6.45, 7) is 13.3. The second-order valence-electron chi connectivity index (χ2n) is 29.9. The molecule has 1 saturated heterocycles. The molecule has 41 nitrogen and oxygen atoms in total. The standard InChI is InChI=1S/C79H116N14O27S3/c1-9-11-16-31-118-43-93(73(108)66(45(5)10-2)89-71(107)59-18-13-15-30-92(59)8)60(44(3)4)39-61(120-47(7)94)72-86-57(41-121-72)70(106)82-51(35-48-23-25-52(95)26-24-48)34-46(6)67(103)90-91-79(117)119-32-33-122-123-42-58(76(113)114)85-69(105)56(38-65(101)102)84-68(104)55(37-64(99)100)83-62(96)36-49-19-21-50(22-20-49)40-81-77(115)80-29-14-12-17-53(74(109)110)87-78(116)88-54(75(111)112)27-28-63(97)98/h19-26,41,44-46,51,53-56,58-61,66,95H,9-18,27-40,42-43H2,1-8H3,(H,82,106)(H,83,96)(H,84,104)(H,85,105)(H,89,107)(H,90,103)(H,91,117)(H,97,98)(H,99,100)(H,101,102)(H,109,110)(H,111,112)(H,113,114)(H2,80,81,115)(H2,87,88,116)/t45?,46-,51+,53-,54-,55-,56-,58-,59+,60+,61+,66-/m0/s1. The summed E-state index contributed by atoms with van der Waals surface area (Å²) in [4.78, 5) is 226. The number of unbranched alkanes of at least 4 members (excludes halogenated alkanes) is 3. The largest absolute Gasteiger partial charge is 0.508 e. The number of carboxylic acid groups (broad SMARTS) is 6. The average molecular weight is 1790 g/mol. The molecule has 0 spiro atoms. The molecule has 0 bridgehead atoms. The lowest BCUT2D eigenvalue weighted by atomic mass is 9.92. The van der Waals surface area contributed by atoms with Crippen molar-refractivity contribution in [3.05, 3.63) is 81.3 Å². The summed E-state index contributed by atoms with van der Waals surface area (Å²) in [6.07, 6.45) is 0.406. The number of amides is 12. The first-order chi connectivity index (χ1) is 58.3. The number of piperidine rings is 1. The van der Waals surface area contributed by atoms with Crippen molar-refractivity contribution in [2.75, 3.05) is 51.6 Å². The van der Waals surface area contributed by atoms with Crippen molar-refractivity contribution in [2.45, 2.75) is 231 Å². The summed E-state index contributed by atoms with van der Waals surface area (Å²) in [5.74, 6) is -17.0. The van der Waals surface area contributed by atoms with Crippen LogP contribution in [0.25, 0.3) is 0 Å². The van der Waals surface area contributed by atoms with E-state index in [1.165, 1.54) is 55.6 Å². The quantitative estimate of drug-likeness (QED) is 0.0124. The van der Waals surface area contributed by atoms with Crippen LogP contribution in [-0.2, 0) is 95.9 Å². The van der Waals surface area contributed by atoms with Crippen LogP contribution in [0.4, 0.5) is 14.4 Å².